The van der Waals surface area contributed by atoms with Crippen LogP contribution in [0.3, 0.4) is 0 Å². The molecule has 0 saturated carbocycles. The molecule has 1 atom stereocenters. The number of carbonyl (C=O) groups is 1. The summed E-state index contributed by atoms with van der Waals surface area (Å²) in [4.78, 5) is 24.6. The first-order valence-electron chi connectivity index (χ1n) is 11.1. The Hall–Kier alpha value is -2.73. The molecule has 0 aliphatic carbocycles. The molecular weight excluding hydrogens is 466 g/mol. The van der Waals surface area contributed by atoms with Crippen LogP contribution in [0.1, 0.15) is 47.8 Å². The first-order chi connectivity index (χ1) is 15.5. The summed E-state index contributed by atoms with van der Waals surface area (Å²) >= 11 is 3.75. The van der Waals surface area contributed by atoms with Gasteiger partial charge >= 0.3 is 6.09 Å². The van der Waals surface area contributed by atoms with Crippen LogP contribution in [0.5, 0.6) is 0 Å². The Labute approximate surface area is 198 Å². The largest absolute Gasteiger partial charge is 0.449 e. The molecule has 1 aliphatic heterocycles. The third-order valence-corrected chi connectivity index (χ3v) is 6.55. The second-order valence-corrected chi connectivity index (χ2v) is 9.34. The maximum absolute atomic E-state index is 12.8. The number of benzene rings is 2. The SMILES string of the molecule is CCCCOC(=O)N1CCC(Br)c2nc(-c3ccc(C)cc3)c(-c3ccc(C)cc3)nc21. The highest BCUT2D eigenvalue weighted by Gasteiger charge is 2.33. The van der Waals surface area contributed by atoms with Crippen molar-refractivity contribution >= 4 is 27.8 Å². The highest BCUT2D eigenvalue weighted by atomic mass is 79.9. The number of carbonyl (C=O) groups excluding carboxylic acids is 1. The van der Waals surface area contributed by atoms with Gasteiger partial charge in [-0.25, -0.2) is 14.8 Å². The van der Waals surface area contributed by atoms with Gasteiger partial charge < -0.3 is 4.74 Å². The van der Waals surface area contributed by atoms with Gasteiger partial charge in [-0.3, -0.25) is 4.90 Å². The topological polar surface area (TPSA) is 55.3 Å². The smallest absolute Gasteiger partial charge is 0.415 e. The van der Waals surface area contributed by atoms with Gasteiger partial charge in [-0.2, -0.15) is 0 Å². The van der Waals surface area contributed by atoms with Gasteiger partial charge in [-0.05, 0) is 26.7 Å². The van der Waals surface area contributed by atoms with Gasteiger partial charge in [0, 0.05) is 17.7 Å². The third-order valence-electron chi connectivity index (χ3n) is 5.66. The van der Waals surface area contributed by atoms with Crippen LogP contribution >= 0.6 is 15.9 Å². The Morgan fingerprint density at radius 3 is 2.12 bits per heavy atom. The molecule has 0 fully saturated rings. The van der Waals surface area contributed by atoms with Crippen molar-refractivity contribution in [2.75, 3.05) is 18.1 Å². The highest BCUT2D eigenvalue weighted by Crippen LogP contribution is 2.41. The minimum Gasteiger partial charge on any atom is -0.449 e. The van der Waals surface area contributed by atoms with Crippen LogP contribution in [-0.4, -0.2) is 29.2 Å². The minimum atomic E-state index is -0.355. The number of aromatic nitrogens is 2. The van der Waals surface area contributed by atoms with Crippen LogP contribution in [0, 0.1) is 13.8 Å². The van der Waals surface area contributed by atoms with Crippen LogP contribution in [-0.2, 0) is 4.74 Å². The number of hydrogen-bond acceptors (Lipinski definition) is 4. The summed E-state index contributed by atoms with van der Waals surface area (Å²) in [6.07, 6.45) is 2.22. The number of fused-ring (bicyclic) bond motifs is 1. The molecule has 1 aliphatic rings. The molecule has 5 nitrogen and oxygen atoms in total. The number of aryl methyl sites for hydroxylation is 2. The highest BCUT2D eigenvalue weighted by molar-refractivity contribution is 9.09. The summed E-state index contributed by atoms with van der Waals surface area (Å²) in [6, 6.07) is 16.6. The number of hydrogen-bond donors (Lipinski definition) is 0. The molecule has 166 valence electrons. The number of nitrogens with zero attached hydrogens (tertiary/aromatic N) is 3. The Morgan fingerprint density at radius 1 is 1.00 bits per heavy atom. The zero-order chi connectivity index (χ0) is 22.7. The third kappa shape index (κ3) is 4.70. The van der Waals surface area contributed by atoms with E-state index in [0.717, 1.165) is 47.5 Å². The van der Waals surface area contributed by atoms with E-state index in [1.165, 1.54) is 11.1 Å². The Morgan fingerprint density at radius 2 is 1.56 bits per heavy atom. The quantitative estimate of drug-likeness (QED) is 0.283. The maximum Gasteiger partial charge on any atom is 0.415 e. The summed E-state index contributed by atoms with van der Waals surface area (Å²) in [6.45, 7) is 7.16. The van der Waals surface area contributed by atoms with Gasteiger partial charge in [0.2, 0.25) is 0 Å². The number of alkyl halides is 1. The van der Waals surface area contributed by atoms with Crippen LogP contribution in [0.25, 0.3) is 22.5 Å². The number of amides is 1. The van der Waals surface area contributed by atoms with E-state index in [9.17, 15) is 4.79 Å². The molecule has 1 amide bonds. The number of rotatable bonds is 5. The van der Waals surface area contributed by atoms with Gasteiger partial charge in [0.15, 0.2) is 5.82 Å². The Balaban J connectivity index is 1.85. The van der Waals surface area contributed by atoms with Gasteiger partial charge in [-0.15, -0.1) is 0 Å². The fraction of sp³-hybridized carbons (Fsp3) is 0.346. The normalized spacial score (nSPS) is 15.4. The first kappa shape index (κ1) is 22.5. The summed E-state index contributed by atoms with van der Waals surface area (Å²) in [7, 11) is 0. The molecule has 0 saturated heterocycles. The van der Waals surface area contributed by atoms with E-state index in [-0.39, 0.29) is 10.9 Å². The molecule has 1 aromatic heterocycles. The van der Waals surface area contributed by atoms with E-state index in [0.29, 0.717) is 19.0 Å². The number of halogens is 1. The average Bonchev–Trinajstić information content (AvgIpc) is 2.80. The molecule has 0 radical (unpaired) electrons. The van der Waals surface area contributed by atoms with Gasteiger partial charge in [0.1, 0.15) is 0 Å². The summed E-state index contributed by atoms with van der Waals surface area (Å²) < 4.78 is 5.51. The van der Waals surface area contributed by atoms with Crippen molar-refractivity contribution < 1.29 is 9.53 Å². The van der Waals surface area contributed by atoms with Crippen molar-refractivity contribution in [3.05, 3.63) is 65.4 Å². The molecule has 0 bridgehead atoms. The number of ether oxygens (including phenoxy) is 1. The maximum atomic E-state index is 12.8. The van der Waals surface area contributed by atoms with Gasteiger partial charge in [-0.1, -0.05) is 88.9 Å². The van der Waals surface area contributed by atoms with E-state index in [4.69, 9.17) is 14.7 Å². The lowest BCUT2D eigenvalue weighted by atomic mass is 10.0. The lowest BCUT2D eigenvalue weighted by Crippen LogP contribution is -2.38. The molecule has 3 aromatic rings. The van der Waals surface area contributed by atoms with Crippen LogP contribution in [0.4, 0.5) is 10.6 Å². The van der Waals surface area contributed by atoms with Gasteiger partial charge in [0.25, 0.3) is 0 Å². The molecule has 4 rings (SSSR count). The van der Waals surface area contributed by atoms with Crippen molar-refractivity contribution in [2.45, 2.75) is 44.9 Å². The average molecular weight is 494 g/mol. The number of unbranched alkanes of at least 4 members (excludes halogenated alkanes) is 1. The first-order valence-corrected chi connectivity index (χ1v) is 12.0. The molecule has 0 N–H and O–H groups in total. The monoisotopic (exact) mass is 493 g/mol. The summed E-state index contributed by atoms with van der Waals surface area (Å²) in [5.41, 5.74) is 6.70. The van der Waals surface area contributed by atoms with E-state index in [2.05, 4.69) is 85.2 Å². The zero-order valence-electron chi connectivity index (χ0n) is 18.8. The second-order valence-electron chi connectivity index (χ2n) is 8.24. The lowest BCUT2D eigenvalue weighted by Gasteiger charge is -2.30. The molecule has 2 aromatic carbocycles. The van der Waals surface area contributed by atoms with Crippen LogP contribution in [0.2, 0.25) is 0 Å². The van der Waals surface area contributed by atoms with E-state index in [1.54, 1.807) is 4.90 Å². The van der Waals surface area contributed by atoms with Crippen molar-refractivity contribution in [2.24, 2.45) is 0 Å². The van der Waals surface area contributed by atoms with Crippen LogP contribution in [0.15, 0.2) is 48.5 Å². The summed E-state index contributed by atoms with van der Waals surface area (Å²) in [5, 5.41) is 0. The standard InChI is InChI=1S/C26H28BrN3O2/c1-4-5-16-32-26(31)30-15-14-21(27)24-25(30)29-23(20-12-8-18(3)9-13-20)22(28-24)19-10-6-17(2)7-11-19/h6-13,21H,4-5,14-16H2,1-3H3. The number of anilines is 1. The minimum absolute atomic E-state index is 0.0287. The van der Waals surface area contributed by atoms with E-state index >= 15 is 0 Å². The summed E-state index contributed by atoms with van der Waals surface area (Å²) in [5.74, 6) is 0.575. The Kier molecular flexibility index (Phi) is 6.89. The second kappa shape index (κ2) is 9.82. The molecule has 2 heterocycles. The lowest BCUT2D eigenvalue weighted by molar-refractivity contribution is 0.151. The van der Waals surface area contributed by atoms with Crippen molar-refractivity contribution in [3.8, 4) is 22.5 Å². The van der Waals surface area contributed by atoms with Crippen molar-refractivity contribution in [1.82, 2.24) is 9.97 Å². The van der Waals surface area contributed by atoms with E-state index < -0.39 is 0 Å². The molecule has 32 heavy (non-hydrogen) atoms. The van der Waals surface area contributed by atoms with E-state index in [1.807, 2.05) is 0 Å². The molecular formula is C26H28BrN3O2. The molecule has 0 spiro atoms. The Bertz CT molecular complexity index is 1100. The van der Waals surface area contributed by atoms with Crippen molar-refractivity contribution in [3.63, 3.8) is 0 Å². The fourth-order valence-corrected chi connectivity index (χ4v) is 4.23. The predicted octanol–water partition coefficient (Wildman–Crippen LogP) is 7.01. The zero-order valence-corrected chi connectivity index (χ0v) is 20.4. The fourth-order valence-electron chi connectivity index (χ4n) is 3.72. The molecule has 6 heteroatoms. The van der Waals surface area contributed by atoms with Gasteiger partial charge in [0.05, 0.1) is 28.5 Å². The van der Waals surface area contributed by atoms with Crippen LogP contribution < -0.4 is 4.90 Å². The van der Waals surface area contributed by atoms with Crippen molar-refractivity contribution in [1.29, 1.82) is 0 Å². The molecule has 1 unspecified atom stereocenters. The predicted molar refractivity (Wildman–Crippen MR) is 132 cm³/mol.